The third-order valence-corrected chi connectivity index (χ3v) is 4.03. The zero-order valence-electron chi connectivity index (χ0n) is 13.4. The molecule has 2 amide bonds. The maximum Gasteiger partial charge on any atom is 0.417 e. The zero-order valence-corrected chi connectivity index (χ0v) is 14.1. The third-order valence-electron chi connectivity index (χ3n) is 3.79. The van der Waals surface area contributed by atoms with Crippen molar-refractivity contribution >= 4 is 34.5 Å². The van der Waals surface area contributed by atoms with Gasteiger partial charge in [0.25, 0.3) is 0 Å². The van der Waals surface area contributed by atoms with Gasteiger partial charge in [-0.15, -0.1) is 0 Å². The molecule has 1 saturated heterocycles. The largest absolute Gasteiger partial charge is 0.443 e. The summed E-state index contributed by atoms with van der Waals surface area (Å²) in [7, 11) is 0. The van der Waals surface area contributed by atoms with Crippen LogP contribution in [0.15, 0.2) is 30.5 Å². The van der Waals surface area contributed by atoms with Crippen LogP contribution in [0.2, 0.25) is 5.02 Å². The number of ether oxygens (including phenoxy) is 1. The number of nitrogens with zero attached hydrogens (tertiary/aromatic N) is 2. The van der Waals surface area contributed by atoms with Gasteiger partial charge in [-0.25, -0.2) is 9.69 Å². The molecule has 0 N–H and O–H groups in total. The normalized spacial score (nSPS) is 18.7. The van der Waals surface area contributed by atoms with E-state index < -0.39 is 11.7 Å². The van der Waals surface area contributed by atoms with Gasteiger partial charge in [-0.3, -0.25) is 4.79 Å². The first kappa shape index (κ1) is 15.9. The molecule has 0 saturated carbocycles. The molecule has 5 nitrogen and oxygen atoms in total. The molecular formula is C17H19ClN2O3. The van der Waals surface area contributed by atoms with E-state index in [-0.39, 0.29) is 18.4 Å². The van der Waals surface area contributed by atoms with Crippen LogP contribution in [0, 0.1) is 0 Å². The number of halogens is 1. The van der Waals surface area contributed by atoms with E-state index in [2.05, 4.69) is 0 Å². The number of rotatable bonds is 1. The molecule has 1 aromatic heterocycles. The first-order chi connectivity index (χ1) is 10.7. The van der Waals surface area contributed by atoms with Crippen LogP contribution in [-0.4, -0.2) is 33.6 Å². The average molecular weight is 335 g/mol. The van der Waals surface area contributed by atoms with Gasteiger partial charge in [0.2, 0.25) is 5.91 Å². The number of aromatic nitrogens is 1. The first-order valence-corrected chi connectivity index (χ1v) is 7.92. The van der Waals surface area contributed by atoms with E-state index in [9.17, 15) is 9.59 Å². The molecule has 1 fully saturated rings. The number of likely N-dealkylation sites (tertiary alicyclic amines) is 1. The first-order valence-electron chi connectivity index (χ1n) is 7.54. The second-order valence-corrected chi connectivity index (χ2v) is 7.21. The fraction of sp³-hybridized carbons (Fsp3) is 0.412. The fourth-order valence-corrected chi connectivity index (χ4v) is 3.00. The molecule has 1 unspecified atom stereocenters. The summed E-state index contributed by atoms with van der Waals surface area (Å²) in [4.78, 5) is 25.5. The molecule has 0 radical (unpaired) electrons. The maximum absolute atomic E-state index is 12.2. The van der Waals surface area contributed by atoms with Gasteiger partial charge in [-0.1, -0.05) is 11.6 Å². The van der Waals surface area contributed by atoms with Crippen LogP contribution in [0.3, 0.4) is 0 Å². The zero-order chi connectivity index (χ0) is 16.8. The van der Waals surface area contributed by atoms with Crippen molar-refractivity contribution in [3.8, 4) is 0 Å². The summed E-state index contributed by atoms with van der Waals surface area (Å²) in [6, 6.07) is 7.51. The topological polar surface area (TPSA) is 51.5 Å². The number of amides is 2. The van der Waals surface area contributed by atoms with E-state index in [1.807, 2.05) is 35.0 Å². The second-order valence-electron chi connectivity index (χ2n) is 6.77. The molecular weight excluding hydrogens is 316 g/mol. The Hall–Kier alpha value is -2.01. The van der Waals surface area contributed by atoms with Crippen LogP contribution in [0.1, 0.15) is 33.2 Å². The summed E-state index contributed by atoms with van der Waals surface area (Å²) < 4.78 is 7.32. The predicted octanol–water partition coefficient (Wildman–Crippen LogP) is 4.00. The molecule has 1 aliphatic rings. The number of carbonyl (C=O) groups is 2. The maximum atomic E-state index is 12.2. The van der Waals surface area contributed by atoms with Gasteiger partial charge in [0.15, 0.2) is 0 Å². The Morgan fingerprint density at radius 1 is 1.30 bits per heavy atom. The van der Waals surface area contributed by atoms with E-state index in [0.717, 1.165) is 10.9 Å². The van der Waals surface area contributed by atoms with Crippen LogP contribution in [-0.2, 0) is 9.53 Å². The van der Waals surface area contributed by atoms with Gasteiger partial charge in [-0.2, -0.15) is 0 Å². The molecule has 122 valence electrons. The van der Waals surface area contributed by atoms with Crippen LogP contribution in [0.5, 0.6) is 0 Å². The molecule has 0 aliphatic carbocycles. The highest BCUT2D eigenvalue weighted by Gasteiger charge is 2.37. The van der Waals surface area contributed by atoms with Crippen LogP contribution in [0.4, 0.5) is 4.79 Å². The van der Waals surface area contributed by atoms with Crippen molar-refractivity contribution in [2.75, 3.05) is 6.54 Å². The molecule has 1 atom stereocenters. The summed E-state index contributed by atoms with van der Waals surface area (Å²) >= 11 is 6.00. The molecule has 3 rings (SSSR count). The van der Waals surface area contributed by atoms with Crippen molar-refractivity contribution in [3.63, 3.8) is 0 Å². The van der Waals surface area contributed by atoms with Crippen LogP contribution in [0.25, 0.3) is 10.9 Å². The summed E-state index contributed by atoms with van der Waals surface area (Å²) in [5, 5.41) is 1.69. The van der Waals surface area contributed by atoms with Crippen molar-refractivity contribution in [2.45, 2.75) is 38.8 Å². The van der Waals surface area contributed by atoms with E-state index in [1.165, 1.54) is 4.90 Å². The minimum Gasteiger partial charge on any atom is -0.443 e. The Bertz CT molecular complexity index is 776. The Labute approximate surface area is 139 Å². The molecule has 1 aliphatic heterocycles. The number of imide groups is 1. The Morgan fingerprint density at radius 3 is 2.74 bits per heavy atom. The lowest BCUT2D eigenvalue weighted by Crippen LogP contribution is -2.37. The quantitative estimate of drug-likeness (QED) is 0.792. The summed E-state index contributed by atoms with van der Waals surface area (Å²) in [6.07, 6.45) is 1.63. The highest BCUT2D eigenvalue weighted by atomic mass is 35.5. The molecule has 2 aromatic rings. The fourth-order valence-electron chi connectivity index (χ4n) is 2.82. The smallest absolute Gasteiger partial charge is 0.417 e. The van der Waals surface area contributed by atoms with Gasteiger partial charge in [0.1, 0.15) is 5.60 Å². The van der Waals surface area contributed by atoms with Gasteiger partial charge < -0.3 is 9.30 Å². The molecule has 0 bridgehead atoms. The lowest BCUT2D eigenvalue weighted by atomic mass is 10.2. The van der Waals surface area contributed by atoms with Crippen molar-refractivity contribution in [1.29, 1.82) is 0 Å². The van der Waals surface area contributed by atoms with Gasteiger partial charge in [-0.05, 0) is 45.0 Å². The van der Waals surface area contributed by atoms with E-state index in [0.29, 0.717) is 11.6 Å². The predicted molar refractivity (Wildman–Crippen MR) is 88.5 cm³/mol. The summed E-state index contributed by atoms with van der Waals surface area (Å²) in [6.45, 7) is 5.67. The summed E-state index contributed by atoms with van der Waals surface area (Å²) in [5.41, 5.74) is 0.380. The lowest BCUT2D eigenvalue weighted by molar-refractivity contribution is -0.127. The van der Waals surface area contributed by atoms with Crippen LogP contribution >= 0.6 is 11.6 Å². The molecule has 6 heteroatoms. The Balaban J connectivity index is 1.83. The van der Waals surface area contributed by atoms with Crippen molar-refractivity contribution < 1.29 is 14.3 Å². The monoisotopic (exact) mass is 334 g/mol. The minimum atomic E-state index is -0.619. The van der Waals surface area contributed by atoms with Gasteiger partial charge in [0.05, 0.1) is 12.6 Å². The van der Waals surface area contributed by atoms with Gasteiger partial charge >= 0.3 is 6.09 Å². The Kier molecular flexibility index (Phi) is 3.84. The van der Waals surface area contributed by atoms with E-state index in [1.54, 1.807) is 20.8 Å². The lowest BCUT2D eigenvalue weighted by Gasteiger charge is -2.23. The molecule has 2 heterocycles. The average Bonchev–Trinajstić information content (AvgIpc) is 2.99. The van der Waals surface area contributed by atoms with Crippen LogP contribution < -0.4 is 0 Å². The number of hydrogen-bond acceptors (Lipinski definition) is 3. The standard InChI is InChI=1S/C17H19ClN2O3/c1-17(2,3)23-16(22)20-10-13(9-15(20)21)19-7-6-11-8-12(18)4-5-14(11)19/h4-8,13H,9-10H2,1-3H3. The molecule has 1 aromatic carbocycles. The van der Waals surface area contributed by atoms with Crippen molar-refractivity contribution in [1.82, 2.24) is 9.47 Å². The molecule has 23 heavy (non-hydrogen) atoms. The minimum absolute atomic E-state index is 0.0892. The number of fused-ring (bicyclic) bond motifs is 1. The highest BCUT2D eigenvalue weighted by Crippen LogP contribution is 2.30. The summed E-state index contributed by atoms with van der Waals surface area (Å²) in [5.74, 6) is -0.208. The second kappa shape index (κ2) is 5.57. The van der Waals surface area contributed by atoms with E-state index >= 15 is 0 Å². The number of hydrogen-bond donors (Lipinski definition) is 0. The Morgan fingerprint density at radius 2 is 2.04 bits per heavy atom. The SMILES string of the molecule is CC(C)(C)OC(=O)N1CC(n2ccc3cc(Cl)ccc32)CC1=O. The van der Waals surface area contributed by atoms with Crippen molar-refractivity contribution in [2.24, 2.45) is 0 Å². The molecule has 0 spiro atoms. The number of carbonyl (C=O) groups excluding carboxylic acids is 2. The van der Waals surface area contributed by atoms with Gasteiger partial charge in [0, 0.05) is 28.5 Å². The highest BCUT2D eigenvalue weighted by molar-refractivity contribution is 6.31. The van der Waals surface area contributed by atoms with Crippen molar-refractivity contribution in [3.05, 3.63) is 35.5 Å². The third kappa shape index (κ3) is 3.20. The number of benzene rings is 1. The van der Waals surface area contributed by atoms with E-state index in [4.69, 9.17) is 16.3 Å².